The second kappa shape index (κ2) is 19.2. The summed E-state index contributed by atoms with van der Waals surface area (Å²) in [6.07, 6.45) is 0.164. The highest BCUT2D eigenvalue weighted by Gasteiger charge is 2.50. The largest absolute Gasteiger partial charge is 0.481 e. The molecule has 1 aliphatic rings. The number of carboxylic acids is 1. The van der Waals surface area contributed by atoms with E-state index in [4.69, 9.17) is 14.2 Å². The Balaban J connectivity index is 0.000000904. The van der Waals surface area contributed by atoms with Crippen molar-refractivity contribution in [2.45, 2.75) is 52.7 Å². The van der Waals surface area contributed by atoms with E-state index >= 15 is 0 Å². The van der Waals surface area contributed by atoms with Crippen LogP contribution in [0, 0.1) is 23.7 Å². The van der Waals surface area contributed by atoms with E-state index in [9.17, 15) is 33.9 Å². The fraction of sp³-hybridized carbons (Fsp3) is 0.471. The second-order valence-electron chi connectivity index (χ2n) is 10.9. The van der Waals surface area contributed by atoms with E-state index in [0.29, 0.717) is 12.8 Å². The zero-order chi connectivity index (χ0) is 35.4. The SMILES string of the molecule is CCC(OC)C(C(=O)O)C(C)C(=O)Nc1ccccc1C(=O)OC.CCC(OC)C1C(=O)N(c2ccccc2C(=O)OC)C(=O)C1C.O.[2HH]. The van der Waals surface area contributed by atoms with Crippen LogP contribution in [-0.4, -0.2) is 86.9 Å². The number of esters is 2. The summed E-state index contributed by atoms with van der Waals surface area (Å²) in [6.45, 7) is 6.94. The monoisotopic (exact) mass is 677 g/mol. The van der Waals surface area contributed by atoms with Crippen molar-refractivity contribution in [2.75, 3.05) is 38.7 Å². The molecular formula is C34H48N2O12. The number of methoxy groups -OCH3 is 4. The quantitative estimate of drug-likeness (QED) is 0.231. The van der Waals surface area contributed by atoms with Gasteiger partial charge in [0.05, 0.1) is 72.6 Å². The van der Waals surface area contributed by atoms with E-state index < -0.39 is 53.6 Å². The van der Waals surface area contributed by atoms with E-state index in [1.54, 1.807) is 50.2 Å². The lowest BCUT2D eigenvalue weighted by Gasteiger charge is -2.26. The number of para-hydroxylation sites is 2. The van der Waals surface area contributed by atoms with Crippen molar-refractivity contribution in [2.24, 2.45) is 23.7 Å². The summed E-state index contributed by atoms with van der Waals surface area (Å²) in [7, 11) is 5.45. The third-order valence-electron chi connectivity index (χ3n) is 8.24. The Hall–Kier alpha value is -4.66. The zero-order valence-corrected chi connectivity index (χ0v) is 28.5. The van der Waals surface area contributed by atoms with Crippen molar-refractivity contribution in [3.63, 3.8) is 0 Å². The topological polar surface area (TPSA) is 206 Å². The first-order chi connectivity index (χ1) is 22.3. The average molecular weight is 678 g/mol. The second-order valence-corrected chi connectivity index (χ2v) is 10.9. The molecular weight excluding hydrogens is 628 g/mol. The van der Waals surface area contributed by atoms with Gasteiger partial charge in [-0.1, -0.05) is 52.0 Å². The Morgan fingerprint density at radius 3 is 1.90 bits per heavy atom. The van der Waals surface area contributed by atoms with Crippen molar-refractivity contribution in [3.05, 3.63) is 59.7 Å². The number of carboxylic acid groups (broad SMARTS) is 1. The molecule has 0 spiro atoms. The van der Waals surface area contributed by atoms with Crippen molar-refractivity contribution in [3.8, 4) is 0 Å². The first-order valence-corrected chi connectivity index (χ1v) is 15.2. The molecule has 1 heterocycles. The Morgan fingerprint density at radius 2 is 1.40 bits per heavy atom. The zero-order valence-electron chi connectivity index (χ0n) is 28.5. The maximum Gasteiger partial charge on any atom is 0.339 e. The van der Waals surface area contributed by atoms with E-state index in [2.05, 4.69) is 10.1 Å². The molecule has 3 rings (SSSR count). The van der Waals surface area contributed by atoms with Crippen LogP contribution in [-0.2, 0) is 38.1 Å². The summed E-state index contributed by atoms with van der Waals surface area (Å²) in [4.78, 5) is 74.2. The first-order valence-electron chi connectivity index (χ1n) is 15.2. The summed E-state index contributed by atoms with van der Waals surface area (Å²) in [5, 5.41) is 12.0. The maximum atomic E-state index is 12.8. The van der Waals surface area contributed by atoms with Gasteiger partial charge in [-0.3, -0.25) is 19.2 Å². The molecule has 48 heavy (non-hydrogen) atoms. The van der Waals surface area contributed by atoms with Crippen LogP contribution in [0.3, 0.4) is 0 Å². The molecule has 14 nitrogen and oxygen atoms in total. The number of nitrogens with zero attached hydrogens (tertiary/aromatic N) is 1. The number of benzene rings is 2. The molecule has 2 aromatic rings. The van der Waals surface area contributed by atoms with Gasteiger partial charge in [-0.2, -0.15) is 0 Å². The van der Waals surface area contributed by atoms with E-state index in [1.807, 2.05) is 6.92 Å². The van der Waals surface area contributed by atoms with Crippen LogP contribution >= 0.6 is 0 Å². The smallest absolute Gasteiger partial charge is 0.339 e. The molecule has 1 saturated heterocycles. The van der Waals surface area contributed by atoms with Crippen LogP contribution in [0.4, 0.5) is 11.4 Å². The van der Waals surface area contributed by atoms with Gasteiger partial charge < -0.3 is 34.8 Å². The molecule has 1 fully saturated rings. The van der Waals surface area contributed by atoms with Crippen LogP contribution in [0.25, 0.3) is 0 Å². The number of carbonyl (C=O) groups excluding carboxylic acids is 5. The van der Waals surface area contributed by atoms with Gasteiger partial charge in [0.2, 0.25) is 17.7 Å². The minimum absolute atomic E-state index is 0. The third kappa shape index (κ3) is 9.24. The standard InChI is InChI=1S/C17H23NO6.C17H21NO5.H2O.H2/c1-5-13(23-3)14(16(20)21)10(2)15(19)18-12-9-7-6-8-11(12)17(22)24-4;1-5-13(22-3)14-10(2)15(19)18(16(14)20)12-9-7-6-8-11(12)17(21)23-4;;/h6-10,13-14H,5H2,1-4H3,(H,18,19)(H,20,21);6-10,13-14H,5H2,1-4H3;1H2;1H/i;;;1+1. The number of anilines is 2. The molecule has 4 N–H and O–H groups in total. The molecule has 3 amide bonds. The Bertz CT molecular complexity index is 1440. The number of imide groups is 1. The fourth-order valence-electron chi connectivity index (χ4n) is 5.62. The lowest BCUT2D eigenvalue weighted by molar-refractivity contribution is -0.152. The van der Waals surface area contributed by atoms with Crippen LogP contribution in [0.2, 0.25) is 0 Å². The molecule has 266 valence electrons. The fourth-order valence-corrected chi connectivity index (χ4v) is 5.62. The van der Waals surface area contributed by atoms with Crippen LogP contribution < -0.4 is 10.2 Å². The first kappa shape index (κ1) is 41.4. The molecule has 0 radical (unpaired) electrons. The van der Waals surface area contributed by atoms with E-state index in [-0.39, 0.29) is 47.3 Å². The summed E-state index contributed by atoms with van der Waals surface area (Å²) < 4.78 is 20.0. The lowest BCUT2D eigenvalue weighted by atomic mass is 9.86. The van der Waals surface area contributed by atoms with Gasteiger partial charge in [0, 0.05) is 15.6 Å². The Kier molecular flexibility index (Phi) is 16.6. The van der Waals surface area contributed by atoms with Crippen LogP contribution in [0.1, 0.15) is 62.7 Å². The van der Waals surface area contributed by atoms with Gasteiger partial charge >= 0.3 is 17.9 Å². The molecule has 0 aliphatic carbocycles. The number of carbonyl (C=O) groups is 6. The number of rotatable bonds is 13. The molecule has 14 heteroatoms. The summed E-state index contributed by atoms with van der Waals surface area (Å²) in [6, 6.07) is 12.8. The van der Waals surface area contributed by atoms with Gasteiger partial charge in [0.15, 0.2) is 0 Å². The molecule has 6 unspecified atom stereocenters. The van der Waals surface area contributed by atoms with Gasteiger partial charge in [0.25, 0.3) is 0 Å². The number of amides is 3. The molecule has 0 saturated carbocycles. The number of nitrogens with one attached hydrogen (secondary N) is 1. The molecule has 0 bridgehead atoms. The highest BCUT2D eigenvalue weighted by atomic mass is 16.5. The van der Waals surface area contributed by atoms with Gasteiger partial charge in [0.1, 0.15) is 0 Å². The van der Waals surface area contributed by atoms with Crippen LogP contribution in [0.5, 0.6) is 0 Å². The van der Waals surface area contributed by atoms with Gasteiger partial charge in [-0.25, -0.2) is 14.5 Å². The van der Waals surface area contributed by atoms with Crippen molar-refractivity contribution >= 4 is 47.0 Å². The van der Waals surface area contributed by atoms with Crippen LogP contribution in [0.15, 0.2) is 48.5 Å². The Labute approximate surface area is 281 Å². The number of aliphatic carboxylic acids is 1. The van der Waals surface area contributed by atoms with Crippen molar-refractivity contribution in [1.29, 1.82) is 0 Å². The predicted molar refractivity (Wildman–Crippen MR) is 178 cm³/mol. The molecule has 1 aliphatic heterocycles. The highest BCUT2D eigenvalue weighted by Crippen LogP contribution is 2.36. The van der Waals surface area contributed by atoms with Crippen molar-refractivity contribution < 1.29 is 59.7 Å². The maximum absolute atomic E-state index is 12.8. The van der Waals surface area contributed by atoms with E-state index in [0.717, 1.165) is 4.90 Å². The van der Waals surface area contributed by atoms with Gasteiger partial charge in [-0.05, 0) is 37.1 Å². The minimum atomic E-state index is -1.10. The van der Waals surface area contributed by atoms with E-state index in [1.165, 1.54) is 47.5 Å². The third-order valence-corrected chi connectivity index (χ3v) is 8.24. The summed E-state index contributed by atoms with van der Waals surface area (Å²) >= 11 is 0. The molecule has 0 aromatic heterocycles. The molecule has 6 atom stereocenters. The number of hydrogen-bond donors (Lipinski definition) is 2. The summed E-state index contributed by atoms with van der Waals surface area (Å²) in [5.41, 5.74) is 0.923. The normalized spacial score (nSPS) is 17.9. The highest BCUT2D eigenvalue weighted by molar-refractivity contribution is 6.23. The lowest BCUT2D eigenvalue weighted by Crippen LogP contribution is -2.40. The number of hydrogen-bond acceptors (Lipinski definition) is 10. The summed E-state index contributed by atoms with van der Waals surface area (Å²) in [5.74, 6) is -6.35. The van der Waals surface area contributed by atoms with Crippen molar-refractivity contribution in [1.82, 2.24) is 0 Å². The minimum Gasteiger partial charge on any atom is -0.481 e. The van der Waals surface area contributed by atoms with Gasteiger partial charge in [-0.15, -0.1) is 0 Å². The number of ether oxygens (including phenoxy) is 4. The molecule has 2 aromatic carbocycles. The Morgan fingerprint density at radius 1 is 0.854 bits per heavy atom. The average Bonchev–Trinajstić information content (AvgIpc) is 3.30. The predicted octanol–water partition coefficient (Wildman–Crippen LogP) is 3.62.